The van der Waals surface area contributed by atoms with E-state index in [1.54, 1.807) is 16.4 Å². The van der Waals surface area contributed by atoms with E-state index in [0.29, 0.717) is 29.5 Å². The van der Waals surface area contributed by atoms with Crippen LogP contribution in [0.4, 0.5) is 0 Å². The molecular weight excluding hydrogens is 358 g/mol. The zero-order chi connectivity index (χ0) is 19.4. The predicted octanol–water partition coefficient (Wildman–Crippen LogP) is 1.77. The summed E-state index contributed by atoms with van der Waals surface area (Å²) in [4.78, 5) is 1.67. The Kier molecular flexibility index (Phi) is 5.95. The molecule has 142 valence electrons. The second-order valence-electron chi connectivity index (χ2n) is 7.32. The molecule has 1 aliphatic rings. The van der Waals surface area contributed by atoms with Gasteiger partial charge in [0.15, 0.2) is 0 Å². The van der Waals surface area contributed by atoms with Crippen LogP contribution in [0.5, 0.6) is 0 Å². The monoisotopic (exact) mass is 384 g/mol. The summed E-state index contributed by atoms with van der Waals surface area (Å²) in [6.45, 7) is 7.41. The van der Waals surface area contributed by atoms with Crippen LogP contribution in [0.1, 0.15) is 36.5 Å². The molecule has 1 N–H and O–H groups in total. The Balaban J connectivity index is 1.65. The third kappa shape index (κ3) is 4.38. The van der Waals surface area contributed by atoms with Gasteiger partial charge in [-0.25, -0.2) is 8.42 Å². The van der Waals surface area contributed by atoms with Crippen LogP contribution in [-0.2, 0) is 16.6 Å². The number of hydrogen-bond acceptors (Lipinski definition) is 3. The van der Waals surface area contributed by atoms with E-state index in [-0.39, 0.29) is 0 Å². The lowest BCUT2D eigenvalue weighted by molar-refractivity contribution is -0.917. The fourth-order valence-corrected chi connectivity index (χ4v) is 4.89. The van der Waals surface area contributed by atoms with Gasteiger partial charge in [0.1, 0.15) is 6.54 Å². The molecule has 1 fully saturated rings. The van der Waals surface area contributed by atoms with Crippen LogP contribution < -0.4 is 4.90 Å². The molecule has 0 atom stereocenters. The van der Waals surface area contributed by atoms with Crippen LogP contribution in [0.25, 0.3) is 0 Å². The molecule has 27 heavy (non-hydrogen) atoms. The summed E-state index contributed by atoms with van der Waals surface area (Å²) < 4.78 is 27.4. The lowest BCUT2D eigenvalue weighted by Gasteiger charge is -2.31. The molecule has 0 spiro atoms. The maximum atomic E-state index is 12.9. The molecule has 1 saturated heterocycles. The first-order valence-electron chi connectivity index (χ1n) is 9.33. The summed E-state index contributed by atoms with van der Waals surface area (Å²) in [6.07, 6.45) is 0. The molecule has 0 unspecified atom stereocenters. The van der Waals surface area contributed by atoms with Gasteiger partial charge < -0.3 is 4.90 Å². The van der Waals surface area contributed by atoms with E-state index in [1.165, 1.54) is 4.90 Å². The number of quaternary nitrogens is 1. The first kappa shape index (κ1) is 19.6. The molecule has 0 radical (unpaired) electrons. The van der Waals surface area contributed by atoms with Gasteiger partial charge in [-0.2, -0.15) is 9.57 Å². The zero-order valence-electron chi connectivity index (χ0n) is 15.9. The molecule has 0 amide bonds. The molecule has 5 nitrogen and oxygen atoms in total. The Hall–Kier alpha value is -2.20. The zero-order valence-corrected chi connectivity index (χ0v) is 16.7. The van der Waals surface area contributed by atoms with Gasteiger partial charge in [0, 0.05) is 5.56 Å². The van der Waals surface area contributed by atoms with Crippen molar-refractivity contribution >= 4 is 10.0 Å². The molecule has 3 rings (SSSR count). The van der Waals surface area contributed by atoms with Crippen LogP contribution in [-0.4, -0.2) is 38.9 Å². The highest BCUT2D eigenvalue weighted by atomic mass is 32.2. The lowest BCUT2D eigenvalue weighted by atomic mass is 10.0. The van der Waals surface area contributed by atoms with Gasteiger partial charge in [-0.3, -0.25) is 0 Å². The number of rotatable bonds is 5. The van der Waals surface area contributed by atoms with Crippen molar-refractivity contribution in [2.45, 2.75) is 31.2 Å². The fourth-order valence-electron chi connectivity index (χ4n) is 3.45. The van der Waals surface area contributed by atoms with E-state index in [0.717, 1.165) is 30.8 Å². The van der Waals surface area contributed by atoms with E-state index in [9.17, 15) is 13.7 Å². The molecule has 0 aliphatic carbocycles. The average molecular weight is 385 g/mol. The number of nitriles is 1. The van der Waals surface area contributed by atoms with E-state index in [4.69, 9.17) is 0 Å². The van der Waals surface area contributed by atoms with Crippen LogP contribution in [0.15, 0.2) is 53.4 Å². The van der Waals surface area contributed by atoms with Crippen LogP contribution in [0.2, 0.25) is 0 Å². The summed E-state index contributed by atoms with van der Waals surface area (Å²) in [5, 5.41) is 9.23. The first-order valence-corrected chi connectivity index (χ1v) is 10.8. The minimum Gasteiger partial charge on any atom is -0.329 e. The van der Waals surface area contributed by atoms with Gasteiger partial charge in [-0.1, -0.05) is 44.2 Å². The summed E-state index contributed by atoms with van der Waals surface area (Å²) in [6, 6.07) is 17.1. The van der Waals surface area contributed by atoms with Crippen molar-refractivity contribution in [3.8, 4) is 6.07 Å². The van der Waals surface area contributed by atoms with E-state index < -0.39 is 10.0 Å². The van der Waals surface area contributed by atoms with E-state index >= 15 is 0 Å². The SMILES string of the molecule is CC(C)c1ccc(S(=O)(=O)N2CC[NH+](Cc3ccccc3C#N)CC2)cc1. The van der Waals surface area contributed by atoms with Crippen molar-refractivity contribution in [1.29, 1.82) is 5.26 Å². The average Bonchev–Trinajstić information content (AvgIpc) is 2.69. The Bertz CT molecular complexity index is 923. The smallest absolute Gasteiger partial charge is 0.243 e. The number of nitrogens with zero attached hydrogens (tertiary/aromatic N) is 2. The normalized spacial score (nSPS) is 16.4. The van der Waals surface area contributed by atoms with Gasteiger partial charge in [0.25, 0.3) is 0 Å². The Morgan fingerprint density at radius 1 is 1.07 bits per heavy atom. The number of benzene rings is 2. The molecule has 2 aromatic carbocycles. The summed E-state index contributed by atoms with van der Waals surface area (Å²) in [5.74, 6) is 0.380. The standard InChI is InChI=1S/C21H25N3O2S/c1-17(2)18-7-9-21(10-8-18)27(25,26)24-13-11-23(12-14-24)16-20-6-4-3-5-19(20)15-22/h3-10,17H,11-14,16H2,1-2H3/p+1. The largest absolute Gasteiger partial charge is 0.329 e. The van der Waals surface area contributed by atoms with Crippen molar-refractivity contribution in [2.24, 2.45) is 0 Å². The Morgan fingerprint density at radius 2 is 1.70 bits per heavy atom. The minimum absolute atomic E-state index is 0.366. The van der Waals surface area contributed by atoms with Gasteiger partial charge >= 0.3 is 0 Å². The van der Waals surface area contributed by atoms with Crippen molar-refractivity contribution in [3.05, 3.63) is 65.2 Å². The maximum absolute atomic E-state index is 12.9. The molecule has 0 saturated carbocycles. The molecule has 6 heteroatoms. The number of sulfonamides is 1. The number of piperazine rings is 1. The van der Waals surface area contributed by atoms with Crippen LogP contribution in [0.3, 0.4) is 0 Å². The van der Waals surface area contributed by atoms with Crippen molar-refractivity contribution in [2.75, 3.05) is 26.2 Å². The lowest BCUT2D eigenvalue weighted by Crippen LogP contribution is -3.13. The highest BCUT2D eigenvalue weighted by Crippen LogP contribution is 2.20. The van der Waals surface area contributed by atoms with E-state index in [1.807, 2.05) is 36.4 Å². The molecule has 2 aromatic rings. The molecular formula is C21H26N3O2S+. The maximum Gasteiger partial charge on any atom is 0.243 e. The van der Waals surface area contributed by atoms with Gasteiger partial charge in [-0.15, -0.1) is 0 Å². The summed E-state index contributed by atoms with van der Waals surface area (Å²) >= 11 is 0. The highest BCUT2D eigenvalue weighted by Gasteiger charge is 2.30. The number of hydrogen-bond donors (Lipinski definition) is 1. The van der Waals surface area contributed by atoms with Gasteiger partial charge in [0.2, 0.25) is 10.0 Å². The van der Waals surface area contributed by atoms with Crippen molar-refractivity contribution < 1.29 is 13.3 Å². The minimum atomic E-state index is -3.45. The molecule has 1 heterocycles. The molecule has 0 bridgehead atoms. The second-order valence-corrected chi connectivity index (χ2v) is 9.26. The van der Waals surface area contributed by atoms with Crippen LogP contribution in [0, 0.1) is 11.3 Å². The van der Waals surface area contributed by atoms with Gasteiger partial charge in [-0.05, 0) is 29.7 Å². The fraction of sp³-hybridized carbons (Fsp3) is 0.381. The Morgan fingerprint density at radius 3 is 2.30 bits per heavy atom. The number of nitrogens with one attached hydrogen (secondary N) is 1. The van der Waals surface area contributed by atoms with Gasteiger partial charge in [0.05, 0.1) is 42.7 Å². The first-order chi connectivity index (χ1) is 12.9. The summed E-state index contributed by atoms with van der Waals surface area (Å²) in [7, 11) is -3.45. The quantitative estimate of drug-likeness (QED) is 0.854. The Labute approximate surface area is 161 Å². The van der Waals surface area contributed by atoms with E-state index in [2.05, 4.69) is 19.9 Å². The topological polar surface area (TPSA) is 65.6 Å². The third-order valence-electron chi connectivity index (χ3n) is 5.19. The summed E-state index contributed by atoms with van der Waals surface area (Å²) in [5.41, 5.74) is 2.86. The molecule has 1 aliphatic heterocycles. The predicted molar refractivity (Wildman–Crippen MR) is 105 cm³/mol. The highest BCUT2D eigenvalue weighted by molar-refractivity contribution is 7.89. The van der Waals surface area contributed by atoms with Crippen molar-refractivity contribution in [1.82, 2.24) is 4.31 Å². The second kappa shape index (κ2) is 8.22. The van der Waals surface area contributed by atoms with Crippen LogP contribution >= 0.6 is 0 Å². The molecule has 0 aromatic heterocycles. The van der Waals surface area contributed by atoms with Crippen molar-refractivity contribution in [3.63, 3.8) is 0 Å². The third-order valence-corrected chi connectivity index (χ3v) is 7.11.